The highest BCUT2D eigenvalue weighted by atomic mass is 32.1. The molecule has 0 aliphatic carbocycles. The predicted octanol–water partition coefficient (Wildman–Crippen LogP) is 0.565. The summed E-state index contributed by atoms with van der Waals surface area (Å²) < 4.78 is 0. The van der Waals surface area contributed by atoms with Crippen LogP contribution in [0.1, 0.15) is 52.9 Å². The second-order valence-corrected chi connectivity index (χ2v) is 6.94. The number of Topliss-reactive ketones (excluding diaryl/α,β-unsaturated/α-hetero) is 1. The average Bonchev–Trinajstić information content (AvgIpc) is 2.54. The molecule has 2 N–H and O–H groups in total. The Labute approximate surface area is 153 Å². The van der Waals surface area contributed by atoms with Gasteiger partial charge in [0.1, 0.15) is 5.78 Å². The van der Waals surface area contributed by atoms with E-state index >= 15 is 0 Å². The minimum absolute atomic E-state index is 0.0661. The molecule has 0 spiro atoms. The Morgan fingerprint density at radius 3 is 2.28 bits per heavy atom. The molecule has 1 saturated heterocycles. The van der Waals surface area contributed by atoms with Gasteiger partial charge in [-0.05, 0) is 33.6 Å². The lowest BCUT2D eigenvalue weighted by atomic mass is 9.97. The zero-order chi connectivity index (χ0) is 19.0. The third-order valence-corrected chi connectivity index (χ3v) is 4.53. The lowest BCUT2D eigenvalue weighted by molar-refractivity contribution is -0.158. The van der Waals surface area contributed by atoms with E-state index in [1.54, 1.807) is 0 Å². The van der Waals surface area contributed by atoms with Crippen LogP contribution in [0.5, 0.6) is 0 Å². The Balaban J connectivity index is 2.34. The third-order valence-electron chi connectivity index (χ3n) is 4.19. The highest BCUT2D eigenvalue weighted by molar-refractivity contribution is 7.81. The molecule has 2 amide bonds. The van der Waals surface area contributed by atoms with E-state index in [1.165, 1.54) is 6.92 Å². The van der Waals surface area contributed by atoms with Gasteiger partial charge in [0.05, 0.1) is 6.54 Å². The molecule has 0 aromatic heterocycles. The summed E-state index contributed by atoms with van der Waals surface area (Å²) in [6.45, 7) is 5.69. The number of hydroxylamine groups is 1. The standard InChI is InChI=1S/C16H27N3O5S/c1-10-5-4-6-11(2)19(10)9-14(22)17-15(25)16(23)24-18-13(21)8-7-12(3)20/h10-11,15,25H,4-9H2,1-3H3,(H,17,22)(H,18,21). The molecule has 1 heterocycles. The number of carbonyl (C=O) groups excluding carboxylic acids is 4. The maximum Gasteiger partial charge on any atom is 0.364 e. The van der Waals surface area contributed by atoms with Gasteiger partial charge in [0.15, 0.2) is 5.37 Å². The summed E-state index contributed by atoms with van der Waals surface area (Å²) in [5.74, 6) is -1.96. The maximum absolute atomic E-state index is 12.1. The van der Waals surface area contributed by atoms with E-state index in [4.69, 9.17) is 0 Å². The van der Waals surface area contributed by atoms with Crippen LogP contribution in [-0.2, 0) is 24.0 Å². The quantitative estimate of drug-likeness (QED) is 0.342. The Hall–Kier alpha value is -1.61. The van der Waals surface area contributed by atoms with Crippen molar-refractivity contribution in [3.8, 4) is 0 Å². The number of amides is 2. The summed E-state index contributed by atoms with van der Waals surface area (Å²) in [5, 5.41) is 1.26. The molecular weight excluding hydrogens is 346 g/mol. The van der Waals surface area contributed by atoms with Crippen LogP contribution in [0.2, 0.25) is 0 Å². The van der Waals surface area contributed by atoms with Crippen LogP contribution in [0.4, 0.5) is 0 Å². The third kappa shape index (κ3) is 7.87. The van der Waals surface area contributed by atoms with Gasteiger partial charge < -0.3 is 14.9 Å². The van der Waals surface area contributed by atoms with Gasteiger partial charge in [-0.1, -0.05) is 6.42 Å². The Morgan fingerprint density at radius 1 is 1.12 bits per heavy atom. The van der Waals surface area contributed by atoms with Crippen molar-refractivity contribution in [2.24, 2.45) is 0 Å². The van der Waals surface area contributed by atoms with Gasteiger partial charge in [0.25, 0.3) is 5.91 Å². The van der Waals surface area contributed by atoms with Crippen molar-refractivity contribution in [2.75, 3.05) is 6.54 Å². The summed E-state index contributed by atoms with van der Waals surface area (Å²) in [5.41, 5.74) is 1.94. The summed E-state index contributed by atoms with van der Waals surface area (Å²) >= 11 is 3.98. The van der Waals surface area contributed by atoms with Crippen molar-refractivity contribution in [3.05, 3.63) is 0 Å². The van der Waals surface area contributed by atoms with Gasteiger partial charge in [0.2, 0.25) is 5.91 Å². The monoisotopic (exact) mass is 373 g/mol. The number of thiol groups is 1. The van der Waals surface area contributed by atoms with Gasteiger partial charge in [-0.25, -0.2) is 4.79 Å². The number of nitrogens with one attached hydrogen (secondary N) is 2. The fourth-order valence-electron chi connectivity index (χ4n) is 2.71. The van der Waals surface area contributed by atoms with E-state index in [9.17, 15) is 19.2 Å². The van der Waals surface area contributed by atoms with E-state index in [2.05, 4.69) is 41.5 Å². The van der Waals surface area contributed by atoms with Gasteiger partial charge in [-0.3, -0.25) is 14.5 Å². The summed E-state index contributed by atoms with van der Waals surface area (Å²) in [4.78, 5) is 52.6. The molecule has 0 saturated carbocycles. The smallest absolute Gasteiger partial charge is 0.337 e. The van der Waals surface area contributed by atoms with Crippen molar-refractivity contribution < 1.29 is 24.0 Å². The van der Waals surface area contributed by atoms with Crippen molar-refractivity contribution in [1.29, 1.82) is 0 Å². The molecule has 1 fully saturated rings. The first-order valence-corrected chi connectivity index (χ1v) is 8.94. The van der Waals surface area contributed by atoms with E-state index in [-0.39, 0.29) is 31.1 Å². The fraction of sp³-hybridized carbons (Fsp3) is 0.750. The van der Waals surface area contributed by atoms with Crippen molar-refractivity contribution in [2.45, 2.75) is 70.3 Å². The average molecular weight is 373 g/mol. The first-order chi connectivity index (χ1) is 11.7. The topological polar surface area (TPSA) is 105 Å². The van der Waals surface area contributed by atoms with Crippen LogP contribution in [0.15, 0.2) is 0 Å². The minimum atomic E-state index is -1.18. The van der Waals surface area contributed by atoms with Crippen molar-refractivity contribution in [3.63, 3.8) is 0 Å². The molecule has 3 atom stereocenters. The molecule has 9 heteroatoms. The lowest BCUT2D eigenvalue weighted by Gasteiger charge is -2.38. The maximum atomic E-state index is 12.1. The minimum Gasteiger partial charge on any atom is -0.337 e. The Kier molecular flexibility index (Phi) is 8.91. The summed E-state index contributed by atoms with van der Waals surface area (Å²) in [6, 6.07) is 0.612. The van der Waals surface area contributed by atoms with Crippen molar-refractivity contribution in [1.82, 2.24) is 15.7 Å². The van der Waals surface area contributed by atoms with Crippen molar-refractivity contribution >= 4 is 36.2 Å². The van der Waals surface area contributed by atoms with Crippen LogP contribution < -0.4 is 10.8 Å². The second-order valence-electron chi connectivity index (χ2n) is 6.42. The molecule has 8 nitrogen and oxygen atoms in total. The second kappa shape index (κ2) is 10.4. The van der Waals surface area contributed by atoms with E-state index in [0.29, 0.717) is 12.1 Å². The first-order valence-electron chi connectivity index (χ1n) is 8.42. The zero-order valence-electron chi connectivity index (χ0n) is 14.9. The molecule has 3 unspecified atom stereocenters. The molecule has 0 bridgehead atoms. The number of hydrogen-bond acceptors (Lipinski definition) is 7. The van der Waals surface area contributed by atoms with Gasteiger partial charge >= 0.3 is 5.97 Å². The number of hydrogen-bond donors (Lipinski definition) is 3. The molecule has 1 rings (SSSR count). The van der Waals surface area contributed by atoms with Crippen LogP contribution in [0.25, 0.3) is 0 Å². The Bertz CT molecular complexity index is 504. The van der Waals surface area contributed by atoms with E-state index in [1.807, 2.05) is 5.48 Å². The van der Waals surface area contributed by atoms with E-state index in [0.717, 1.165) is 19.3 Å². The molecule has 142 valence electrons. The van der Waals surface area contributed by atoms with Gasteiger partial charge in [-0.15, -0.1) is 12.6 Å². The summed E-state index contributed by atoms with van der Waals surface area (Å²) in [7, 11) is 0. The summed E-state index contributed by atoms with van der Waals surface area (Å²) in [6.07, 6.45) is 3.21. The van der Waals surface area contributed by atoms with Crippen LogP contribution in [-0.4, -0.2) is 52.5 Å². The largest absolute Gasteiger partial charge is 0.364 e. The SMILES string of the molecule is CC(=O)CCC(=O)NOC(=O)C(S)NC(=O)CN1C(C)CCCC1C. The first kappa shape index (κ1) is 21.4. The highest BCUT2D eigenvalue weighted by Gasteiger charge is 2.28. The number of rotatable bonds is 7. The number of carbonyl (C=O) groups is 4. The van der Waals surface area contributed by atoms with Gasteiger partial charge in [0, 0.05) is 24.9 Å². The molecule has 0 aromatic carbocycles. The van der Waals surface area contributed by atoms with E-state index < -0.39 is 17.3 Å². The van der Waals surface area contributed by atoms with Crippen LogP contribution in [0.3, 0.4) is 0 Å². The van der Waals surface area contributed by atoms with Crippen LogP contribution >= 0.6 is 12.6 Å². The lowest BCUT2D eigenvalue weighted by Crippen LogP contribution is -2.51. The molecule has 25 heavy (non-hydrogen) atoms. The molecule has 0 radical (unpaired) electrons. The molecule has 1 aliphatic heterocycles. The predicted molar refractivity (Wildman–Crippen MR) is 94.5 cm³/mol. The van der Waals surface area contributed by atoms with Gasteiger partial charge in [-0.2, -0.15) is 5.48 Å². The Morgan fingerprint density at radius 2 is 1.72 bits per heavy atom. The zero-order valence-corrected chi connectivity index (χ0v) is 15.8. The fourth-order valence-corrected chi connectivity index (χ4v) is 2.91. The highest BCUT2D eigenvalue weighted by Crippen LogP contribution is 2.21. The molecule has 1 aliphatic rings. The number of piperidine rings is 1. The molecular formula is C16H27N3O5S. The number of likely N-dealkylation sites (tertiary alicyclic amines) is 1. The molecule has 0 aromatic rings. The number of ketones is 1. The normalized spacial score (nSPS) is 21.9. The van der Waals surface area contributed by atoms with Crippen LogP contribution in [0, 0.1) is 0 Å². The number of nitrogens with zero attached hydrogens (tertiary/aromatic N) is 1.